The molecule has 210 valence electrons. The topological polar surface area (TPSA) is 95.5 Å². The molecule has 1 unspecified atom stereocenters. The highest BCUT2D eigenvalue weighted by molar-refractivity contribution is 8.00. The predicted molar refractivity (Wildman–Crippen MR) is 168 cm³/mol. The van der Waals surface area contributed by atoms with Crippen molar-refractivity contribution in [2.45, 2.75) is 10.1 Å². The SMILES string of the molecule is O=C(O)c1c(Cl)c(Cl)c(Cl)c(Cl)c1C(=O)Nc1cccc(SC(C(=O)Nc2cc(Cl)cc(Cl)c2)c2ccccc2)c1. The van der Waals surface area contributed by atoms with Crippen LogP contribution < -0.4 is 10.6 Å². The van der Waals surface area contributed by atoms with E-state index in [9.17, 15) is 19.5 Å². The van der Waals surface area contributed by atoms with E-state index < -0.39 is 33.3 Å². The van der Waals surface area contributed by atoms with E-state index in [4.69, 9.17) is 69.6 Å². The third-order valence-corrected chi connectivity index (χ3v) is 9.01. The standard InChI is InChI=1S/C28H16Cl6N2O4S/c29-14-9-15(30)11-17(10-14)36-27(38)25(13-5-2-1-3-6-13)41-18-8-4-7-16(12-18)35-26(37)19-20(28(39)40)22(32)24(34)23(33)21(19)31/h1-12,25H,(H,35,37)(H,36,38)(H,39,40). The average molecular weight is 689 g/mol. The van der Waals surface area contributed by atoms with Gasteiger partial charge in [0.2, 0.25) is 5.91 Å². The number of amides is 2. The monoisotopic (exact) mass is 686 g/mol. The van der Waals surface area contributed by atoms with Gasteiger partial charge in [-0.25, -0.2) is 4.79 Å². The van der Waals surface area contributed by atoms with Crippen molar-refractivity contribution < 1.29 is 19.5 Å². The second kappa shape index (κ2) is 13.6. The number of nitrogens with one attached hydrogen (secondary N) is 2. The molecule has 0 saturated carbocycles. The van der Waals surface area contributed by atoms with E-state index in [1.165, 1.54) is 11.8 Å². The Labute approximate surface area is 268 Å². The van der Waals surface area contributed by atoms with Crippen LogP contribution in [0.15, 0.2) is 77.7 Å². The number of benzene rings is 4. The van der Waals surface area contributed by atoms with E-state index in [0.717, 1.165) is 5.56 Å². The third-order valence-electron chi connectivity index (χ3n) is 5.52. The quantitative estimate of drug-likeness (QED) is 0.0973. The van der Waals surface area contributed by atoms with Gasteiger partial charge in [-0.05, 0) is 42.0 Å². The number of carbonyl (C=O) groups excluding carboxylic acids is 2. The summed E-state index contributed by atoms with van der Waals surface area (Å²) in [5.41, 5.74) is 0.417. The number of carboxylic acids is 1. The van der Waals surface area contributed by atoms with Crippen molar-refractivity contribution in [3.8, 4) is 0 Å². The highest BCUT2D eigenvalue weighted by Crippen LogP contribution is 2.42. The van der Waals surface area contributed by atoms with E-state index in [1.54, 1.807) is 42.5 Å². The Morgan fingerprint density at radius 3 is 1.88 bits per heavy atom. The Morgan fingerprint density at radius 2 is 1.27 bits per heavy atom. The molecule has 0 spiro atoms. The highest BCUT2D eigenvalue weighted by Gasteiger charge is 2.29. The van der Waals surface area contributed by atoms with Crippen LogP contribution in [0.1, 0.15) is 31.5 Å². The fraction of sp³-hybridized carbons (Fsp3) is 0.0357. The molecule has 2 amide bonds. The number of hydrogen-bond donors (Lipinski definition) is 3. The lowest BCUT2D eigenvalue weighted by Crippen LogP contribution is -2.19. The van der Waals surface area contributed by atoms with Crippen LogP contribution in [0, 0.1) is 0 Å². The molecule has 0 saturated heterocycles. The molecule has 0 aliphatic heterocycles. The Hall–Kier alpha value is -2.62. The minimum Gasteiger partial charge on any atom is -0.478 e. The van der Waals surface area contributed by atoms with E-state index in [0.29, 0.717) is 26.3 Å². The third kappa shape index (κ3) is 7.43. The molecule has 0 aliphatic carbocycles. The maximum atomic E-state index is 13.4. The summed E-state index contributed by atoms with van der Waals surface area (Å²) >= 11 is 37.7. The first-order valence-electron chi connectivity index (χ1n) is 11.5. The minimum absolute atomic E-state index is 0.254. The Bertz CT molecular complexity index is 1650. The molecule has 0 aliphatic rings. The molecule has 13 heteroatoms. The van der Waals surface area contributed by atoms with Gasteiger partial charge in [-0.1, -0.05) is 106 Å². The lowest BCUT2D eigenvalue weighted by atomic mass is 10.1. The molecule has 4 aromatic carbocycles. The van der Waals surface area contributed by atoms with Gasteiger partial charge in [0.05, 0.1) is 31.2 Å². The summed E-state index contributed by atoms with van der Waals surface area (Å²) in [4.78, 5) is 39.1. The zero-order valence-corrected chi connectivity index (χ0v) is 25.7. The smallest absolute Gasteiger partial charge is 0.338 e. The Morgan fingerprint density at radius 1 is 0.659 bits per heavy atom. The number of carboxylic acid groups (broad SMARTS) is 1. The van der Waals surface area contributed by atoms with Crippen molar-refractivity contribution >= 4 is 111 Å². The van der Waals surface area contributed by atoms with Gasteiger partial charge in [0.15, 0.2) is 0 Å². The normalized spacial score (nSPS) is 11.6. The summed E-state index contributed by atoms with van der Waals surface area (Å²) < 4.78 is 0. The molecule has 0 heterocycles. The van der Waals surface area contributed by atoms with Gasteiger partial charge in [-0.3, -0.25) is 9.59 Å². The van der Waals surface area contributed by atoms with Crippen molar-refractivity contribution in [2.24, 2.45) is 0 Å². The predicted octanol–water partition coefficient (Wildman–Crippen LogP) is 10.0. The van der Waals surface area contributed by atoms with Crippen molar-refractivity contribution in [2.75, 3.05) is 10.6 Å². The van der Waals surface area contributed by atoms with Gasteiger partial charge in [0.1, 0.15) is 5.25 Å². The van der Waals surface area contributed by atoms with Crippen molar-refractivity contribution in [3.63, 3.8) is 0 Å². The van der Waals surface area contributed by atoms with E-state index in [-0.39, 0.29) is 21.0 Å². The first kappa shape index (κ1) is 31.3. The van der Waals surface area contributed by atoms with E-state index in [1.807, 2.05) is 30.3 Å². The van der Waals surface area contributed by atoms with Crippen LogP contribution in [-0.2, 0) is 4.79 Å². The Balaban J connectivity index is 1.63. The van der Waals surface area contributed by atoms with Gasteiger partial charge < -0.3 is 15.7 Å². The lowest BCUT2D eigenvalue weighted by Gasteiger charge is -2.18. The fourth-order valence-corrected chi connectivity index (χ4v) is 6.39. The van der Waals surface area contributed by atoms with Crippen molar-refractivity contribution in [1.29, 1.82) is 0 Å². The molecule has 0 radical (unpaired) electrons. The molecule has 0 aromatic heterocycles. The highest BCUT2D eigenvalue weighted by atomic mass is 35.5. The van der Waals surface area contributed by atoms with Crippen LogP contribution in [0.2, 0.25) is 30.1 Å². The lowest BCUT2D eigenvalue weighted by molar-refractivity contribution is -0.115. The van der Waals surface area contributed by atoms with Gasteiger partial charge in [0.25, 0.3) is 5.91 Å². The van der Waals surface area contributed by atoms with Gasteiger partial charge in [-0.2, -0.15) is 0 Å². The number of anilines is 2. The number of aromatic carboxylic acids is 1. The fourth-order valence-electron chi connectivity index (χ4n) is 3.76. The summed E-state index contributed by atoms with van der Waals surface area (Å²) in [5, 5.41) is 13.8. The molecular formula is C28H16Cl6N2O4S. The molecule has 0 fully saturated rings. The summed E-state index contributed by atoms with van der Waals surface area (Å²) in [6.45, 7) is 0. The Kier molecular flexibility index (Phi) is 10.4. The first-order valence-corrected chi connectivity index (χ1v) is 14.6. The summed E-state index contributed by atoms with van der Waals surface area (Å²) in [7, 11) is 0. The zero-order chi connectivity index (χ0) is 29.8. The molecule has 4 aromatic rings. The maximum absolute atomic E-state index is 13.4. The summed E-state index contributed by atoms with van der Waals surface area (Å²) in [6, 6.07) is 20.4. The van der Waals surface area contributed by atoms with Crippen LogP contribution in [-0.4, -0.2) is 22.9 Å². The van der Waals surface area contributed by atoms with Crippen molar-refractivity contribution in [1.82, 2.24) is 0 Å². The molecular weight excluding hydrogens is 673 g/mol. The van der Waals surface area contributed by atoms with Crippen LogP contribution >= 0.6 is 81.4 Å². The molecule has 41 heavy (non-hydrogen) atoms. The number of thioether (sulfide) groups is 1. The molecule has 3 N–H and O–H groups in total. The largest absolute Gasteiger partial charge is 0.478 e. The summed E-state index contributed by atoms with van der Waals surface area (Å²) in [6.07, 6.45) is 0. The molecule has 0 bridgehead atoms. The van der Waals surface area contributed by atoms with E-state index in [2.05, 4.69) is 10.6 Å². The second-order valence-corrected chi connectivity index (χ2v) is 11.9. The minimum atomic E-state index is -1.51. The molecule has 6 nitrogen and oxygen atoms in total. The molecule has 1 atom stereocenters. The number of carbonyl (C=O) groups is 3. The van der Waals surface area contributed by atoms with Crippen LogP contribution in [0.5, 0.6) is 0 Å². The van der Waals surface area contributed by atoms with Crippen LogP contribution in [0.25, 0.3) is 0 Å². The van der Waals surface area contributed by atoms with Crippen molar-refractivity contribution in [3.05, 3.63) is 120 Å². The van der Waals surface area contributed by atoms with Gasteiger partial charge in [0, 0.05) is 26.3 Å². The zero-order valence-electron chi connectivity index (χ0n) is 20.4. The first-order chi connectivity index (χ1) is 19.5. The van der Waals surface area contributed by atoms with Crippen LogP contribution in [0.3, 0.4) is 0 Å². The number of halogens is 6. The van der Waals surface area contributed by atoms with Gasteiger partial charge >= 0.3 is 5.97 Å². The molecule has 4 rings (SSSR count). The number of rotatable bonds is 8. The van der Waals surface area contributed by atoms with Gasteiger partial charge in [-0.15, -0.1) is 11.8 Å². The maximum Gasteiger partial charge on any atom is 0.338 e. The summed E-state index contributed by atoms with van der Waals surface area (Å²) in [5.74, 6) is -2.72. The number of hydrogen-bond acceptors (Lipinski definition) is 4. The van der Waals surface area contributed by atoms with E-state index >= 15 is 0 Å². The average Bonchev–Trinajstić information content (AvgIpc) is 2.92. The second-order valence-electron chi connectivity index (χ2n) is 8.35. The van der Waals surface area contributed by atoms with Crippen LogP contribution in [0.4, 0.5) is 11.4 Å².